The van der Waals surface area contributed by atoms with Crippen LogP contribution >= 0.6 is 0 Å². The minimum Gasteiger partial charge on any atom is -0.0654 e. The van der Waals surface area contributed by atoms with Gasteiger partial charge in [0.1, 0.15) is 0 Å². The summed E-state index contributed by atoms with van der Waals surface area (Å²) in [6.45, 7) is 19.3. The van der Waals surface area contributed by atoms with Gasteiger partial charge in [0.15, 0.2) is 0 Å². The molecule has 18 heavy (non-hydrogen) atoms. The normalized spacial score (nSPS) is 17.8. The van der Waals surface area contributed by atoms with Crippen molar-refractivity contribution in [1.29, 1.82) is 0 Å². The Hall–Kier alpha value is 0. The maximum atomic E-state index is 2.49. The molecule has 110 valence electrons. The Balaban J connectivity index is 4.84. The first kappa shape index (κ1) is 18.0. The fourth-order valence-corrected chi connectivity index (χ4v) is 4.02. The number of hydrogen-bond donors (Lipinski definition) is 0. The van der Waals surface area contributed by atoms with Crippen molar-refractivity contribution in [2.24, 2.45) is 29.1 Å². The molecule has 0 saturated heterocycles. The number of unbranched alkanes of at least 4 members (excludes halogenated alkanes) is 1. The van der Waals surface area contributed by atoms with E-state index in [1.54, 1.807) is 0 Å². The van der Waals surface area contributed by atoms with Gasteiger partial charge in [0.05, 0.1) is 0 Å². The van der Waals surface area contributed by atoms with Crippen LogP contribution in [0.5, 0.6) is 0 Å². The van der Waals surface area contributed by atoms with Gasteiger partial charge < -0.3 is 0 Å². The van der Waals surface area contributed by atoms with Crippen LogP contribution in [0.3, 0.4) is 0 Å². The van der Waals surface area contributed by atoms with Gasteiger partial charge >= 0.3 is 0 Å². The Morgan fingerprint density at radius 2 is 1.50 bits per heavy atom. The summed E-state index contributed by atoms with van der Waals surface area (Å²) in [4.78, 5) is 0. The molecule has 0 aliphatic heterocycles. The Bertz CT molecular complexity index is 197. The Morgan fingerprint density at radius 3 is 1.83 bits per heavy atom. The van der Waals surface area contributed by atoms with Gasteiger partial charge in [-0.25, -0.2) is 0 Å². The van der Waals surface area contributed by atoms with Crippen LogP contribution in [0, 0.1) is 29.1 Å². The predicted molar refractivity (Wildman–Crippen MR) is 84.9 cm³/mol. The van der Waals surface area contributed by atoms with Gasteiger partial charge in [0, 0.05) is 0 Å². The van der Waals surface area contributed by atoms with Crippen LogP contribution in [0.15, 0.2) is 0 Å². The van der Waals surface area contributed by atoms with Crippen molar-refractivity contribution in [2.75, 3.05) is 0 Å². The third-order valence-corrected chi connectivity index (χ3v) is 4.42. The molecule has 3 unspecified atom stereocenters. The third kappa shape index (κ3) is 6.25. The van der Waals surface area contributed by atoms with Crippen LogP contribution < -0.4 is 0 Å². The van der Waals surface area contributed by atoms with Gasteiger partial charge in [-0.05, 0) is 35.5 Å². The van der Waals surface area contributed by atoms with Crippen molar-refractivity contribution < 1.29 is 0 Å². The van der Waals surface area contributed by atoms with E-state index in [2.05, 4.69) is 55.4 Å². The van der Waals surface area contributed by atoms with Gasteiger partial charge in [-0.15, -0.1) is 0 Å². The lowest BCUT2D eigenvalue weighted by Gasteiger charge is -2.42. The molecule has 0 amide bonds. The van der Waals surface area contributed by atoms with Crippen LogP contribution in [-0.4, -0.2) is 0 Å². The lowest BCUT2D eigenvalue weighted by Crippen LogP contribution is -2.34. The minimum atomic E-state index is 0.447. The molecular formula is C18H38. The van der Waals surface area contributed by atoms with Crippen molar-refractivity contribution in [2.45, 2.75) is 87.5 Å². The average Bonchev–Trinajstić information content (AvgIpc) is 2.20. The van der Waals surface area contributed by atoms with E-state index < -0.39 is 0 Å². The highest BCUT2D eigenvalue weighted by Gasteiger charge is 2.35. The fourth-order valence-electron chi connectivity index (χ4n) is 4.02. The highest BCUT2D eigenvalue weighted by Crippen LogP contribution is 2.43. The molecular weight excluding hydrogens is 216 g/mol. The summed E-state index contributed by atoms with van der Waals surface area (Å²) in [5.41, 5.74) is 0.447. The topological polar surface area (TPSA) is 0 Å². The summed E-state index contributed by atoms with van der Waals surface area (Å²) in [5.74, 6) is 3.47. The van der Waals surface area contributed by atoms with E-state index in [-0.39, 0.29) is 0 Å². The quantitative estimate of drug-likeness (QED) is 0.461. The molecule has 0 aromatic rings. The molecule has 3 atom stereocenters. The first-order valence-corrected chi connectivity index (χ1v) is 8.23. The summed E-state index contributed by atoms with van der Waals surface area (Å²) in [6.07, 6.45) is 6.90. The molecule has 0 nitrogen and oxygen atoms in total. The van der Waals surface area contributed by atoms with Crippen LogP contribution in [0.4, 0.5) is 0 Å². The highest BCUT2D eigenvalue weighted by atomic mass is 14.4. The lowest BCUT2D eigenvalue weighted by molar-refractivity contribution is 0.0758. The van der Waals surface area contributed by atoms with E-state index >= 15 is 0 Å². The molecule has 0 aromatic heterocycles. The lowest BCUT2D eigenvalue weighted by atomic mass is 9.64. The summed E-state index contributed by atoms with van der Waals surface area (Å²) >= 11 is 0. The number of hydrogen-bond acceptors (Lipinski definition) is 0. The van der Waals surface area contributed by atoms with Gasteiger partial charge in [-0.2, -0.15) is 0 Å². The van der Waals surface area contributed by atoms with Gasteiger partial charge in [-0.3, -0.25) is 0 Å². The molecule has 0 spiro atoms. The zero-order valence-corrected chi connectivity index (χ0v) is 14.3. The molecule has 0 N–H and O–H groups in total. The second kappa shape index (κ2) is 8.23. The Kier molecular flexibility index (Phi) is 8.23. The largest absolute Gasteiger partial charge is 0.0654 e. The zero-order valence-electron chi connectivity index (χ0n) is 14.3. The second-order valence-electron chi connectivity index (χ2n) is 7.81. The molecule has 0 rings (SSSR count). The van der Waals surface area contributed by atoms with E-state index in [0.29, 0.717) is 5.41 Å². The van der Waals surface area contributed by atoms with Gasteiger partial charge in [-0.1, -0.05) is 81.1 Å². The highest BCUT2D eigenvalue weighted by molar-refractivity contribution is 4.84. The summed E-state index contributed by atoms with van der Waals surface area (Å²) in [7, 11) is 0. The first-order valence-electron chi connectivity index (χ1n) is 8.23. The maximum Gasteiger partial charge on any atom is -0.0311 e. The monoisotopic (exact) mass is 254 g/mol. The molecule has 0 heteroatoms. The minimum absolute atomic E-state index is 0.447. The molecule has 0 heterocycles. The molecule has 0 aliphatic rings. The summed E-state index contributed by atoms with van der Waals surface area (Å²) in [5, 5.41) is 0. The van der Waals surface area contributed by atoms with E-state index in [1.807, 2.05) is 0 Å². The van der Waals surface area contributed by atoms with Crippen LogP contribution in [0.2, 0.25) is 0 Å². The summed E-state index contributed by atoms with van der Waals surface area (Å²) < 4.78 is 0. The predicted octanol–water partition coefficient (Wildman–Crippen LogP) is 6.55. The Morgan fingerprint density at radius 1 is 0.944 bits per heavy atom. The smallest absolute Gasteiger partial charge is 0.0311 e. The van der Waals surface area contributed by atoms with Crippen LogP contribution in [0.1, 0.15) is 87.5 Å². The molecule has 0 fully saturated rings. The van der Waals surface area contributed by atoms with E-state index in [9.17, 15) is 0 Å². The second-order valence-corrected chi connectivity index (χ2v) is 7.81. The molecule has 0 aliphatic carbocycles. The molecule has 0 saturated carbocycles. The van der Waals surface area contributed by atoms with E-state index in [4.69, 9.17) is 0 Å². The fraction of sp³-hybridized carbons (Fsp3) is 1.00. The zero-order chi connectivity index (χ0) is 14.3. The molecule has 0 radical (unpaired) electrons. The third-order valence-electron chi connectivity index (χ3n) is 4.42. The van der Waals surface area contributed by atoms with Gasteiger partial charge in [0.25, 0.3) is 0 Å². The average molecular weight is 255 g/mol. The molecule has 0 aromatic carbocycles. The van der Waals surface area contributed by atoms with Crippen LogP contribution in [0.25, 0.3) is 0 Å². The van der Waals surface area contributed by atoms with Crippen molar-refractivity contribution in [1.82, 2.24) is 0 Å². The standard InChI is InChI=1S/C18H38/c1-9-11-12-16(10-2)17(18(6,7)8)15(5)13-14(3)4/h14-17H,9-13H2,1-8H3. The number of rotatable bonds is 8. The van der Waals surface area contributed by atoms with E-state index in [1.165, 1.54) is 32.1 Å². The van der Waals surface area contributed by atoms with Gasteiger partial charge in [0.2, 0.25) is 0 Å². The molecule has 0 bridgehead atoms. The maximum absolute atomic E-state index is 2.49. The van der Waals surface area contributed by atoms with Crippen molar-refractivity contribution >= 4 is 0 Å². The Labute approximate surface area is 117 Å². The first-order chi connectivity index (χ1) is 8.23. The SMILES string of the molecule is CCCCC(CC)C(C(C)CC(C)C)C(C)(C)C. The van der Waals surface area contributed by atoms with Crippen molar-refractivity contribution in [3.05, 3.63) is 0 Å². The van der Waals surface area contributed by atoms with Crippen molar-refractivity contribution in [3.8, 4) is 0 Å². The van der Waals surface area contributed by atoms with E-state index in [0.717, 1.165) is 23.7 Å². The summed E-state index contributed by atoms with van der Waals surface area (Å²) in [6, 6.07) is 0. The van der Waals surface area contributed by atoms with Crippen LogP contribution in [-0.2, 0) is 0 Å². The van der Waals surface area contributed by atoms with Crippen molar-refractivity contribution in [3.63, 3.8) is 0 Å².